The zero-order chi connectivity index (χ0) is 13.8. The van der Waals surface area contributed by atoms with E-state index in [2.05, 4.69) is 42.2 Å². The smallest absolute Gasteiger partial charge is 0.128 e. The monoisotopic (exact) mass is 275 g/mol. The average molecular weight is 275 g/mol. The Morgan fingerprint density at radius 3 is 2.84 bits per heavy atom. The molecule has 1 aromatic carbocycles. The van der Waals surface area contributed by atoms with Crippen LogP contribution in [0.25, 0.3) is 10.9 Å². The number of thioether (sulfide) groups is 1. The van der Waals surface area contributed by atoms with E-state index in [-0.39, 0.29) is 0 Å². The van der Waals surface area contributed by atoms with Gasteiger partial charge in [-0.2, -0.15) is 11.8 Å². The van der Waals surface area contributed by atoms with Gasteiger partial charge in [-0.05, 0) is 32.4 Å². The highest BCUT2D eigenvalue weighted by molar-refractivity contribution is 7.98. The predicted molar refractivity (Wildman–Crippen MR) is 85.5 cm³/mol. The number of nitrogen functional groups attached to an aromatic ring is 1. The molecule has 0 aliphatic carbocycles. The molecule has 0 aliphatic heterocycles. The summed E-state index contributed by atoms with van der Waals surface area (Å²) in [5, 5.41) is 1.15. The predicted octanol–water partition coefficient (Wildman–Crippen LogP) is 3.00. The third-order valence-corrected chi connectivity index (χ3v) is 4.23. The van der Waals surface area contributed by atoms with Crippen molar-refractivity contribution in [1.29, 1.82) is 0 Å². The maximum absolute atomic E-state index is 6.07. The first-order valence-electron chi connectivity index (χ1n) is 6.45. The van der Waals surface area contributed by atoms with E-state index in [0.717, 1.165) is 28.8 Å². The molecule has 0 saturated heterocycles. The topological polar surface area (TPSA) is 42.2 Å². The number of rotatable bonds is 5. The molecule has 1 heterocycles. The highest BCUT2D eigenvalue weighted by atomic mass is 32.2. The van der Waals surface area contributed by atoms with Crippen LogP contribution in [0.1, 0.15) is 12.5 Å². The second-order valence-corrected chi connectivity index (χ2v) is 5.86. The molecule has 1 aromatic heterocycles. The number of pyridine rings is 1. The van der Waals surface area contributed by atoms with Gasteiger partial charge in [0.15, 0.2) is 0 Å². The molecule has 0 fully saturated rings. The normalized spacial score (nSPS) is 13.1. The van der Waals surface area contributed by atoms with Gasteiger partial charge in [-0.1, -0.05) is 18.2 Å². The van der Waals surface area contributed by atoms with Crippen molar-refractivity contribution in [2.75, 3.05) is 24.8 Å². The maximum Gasteiger partial charge on any atom is 0.128 e. The summed E-state index contributed by atoms with van der Waals surface area (Å²) in [4.78, 5) is 6.80. The van der Waals surface area contributed by atoms with Crippen LogP contribution >= 0.6 is 11.8 Å². The first-order valence-corrected chi connectivity index (χ1v) is 7.84. The SMILES string of the molecule is CSCC(C)N(C)Cc1cc2ccccc2nc1N. The number of hydrogen-bond donors (Lipinski definition) is 1. The Morgan fingerprint density at radius 2 is 2.11 bits per heavy atom. The van der Waals surface area contributed by atoms with Gasteiger partial charge in [0.2, 0.25) is 0 Å². The standard InChI is InChI=1S/C15H21N3S/c1-11(10-19-3)18(2)9-13-8-12-6-4-5-7-14(12)17-15(13)16/h4-8,11H,9-10H2,1-3H3,(H2,16,17). The van der Waals surface area contributed by atoms with Gasteiger partial charge in [-0.3, -0.25) is 4.90 Å². The number of nitrogens with two attached hydrogens (primary N) is 1. The lowest BCUT2D eigenvalue weighted by Gasteiger charge is -2.24. The fourth-order valence-corrected chi connectivity index (χ4v) is 2.83. The minimum Gasteiger partial charge on any atom is -0.383 e. The third-order valence-electron chi connectivity index (χ3n) is 3.42. The summed E-state index contributed by atoms with van der Waals surface area (Å²) >= 11 is 1.87. The van der Waals surface area contributed by atoms with E-state index in [9.17, 15) is 0 Å². The lowest BCUT2D eigenvalue weighted by Crippen LogP contribution is -2.30. The van der Waals surface area contributed by atoms with E-state index in [1.807, 2.05) is 30.0 Å². The summed E-state index contributed by atoms with van der Waals surface area (Å²) in [6.07, 6.45) is 2.14. The molecular weight excluding hydrogens is 254 g/mol. The first-order chi connectivity index (χ1) is 9.11. The molecule has 102 valence electrons. The minimum atomic E-state index is 0.529. The second kappa shape index (κ2) is 6.26. The van der Waals surface area contributed by atoms with Gasteiger partial charge < -0.3 is 5.73 Å². The quantitative estimate of drug-likeness (QED) is 0.911. The number of aromatic nitrogens is 1. The van der Waals surface area contributed by atoms with E-state index in [1.165, 1.54) is 0 Å². The summed E-state index contributed by atoms with van der Waals surface area (Å²) in [6, 6.07) is 10.8. The number of fused-ring (bicyclic) bond motifs is 1. The molecule has 0 amide bonds. The fourth-order valence-electron chi connectivity index (χ4n) is 2.09. The maximum atomic E-state index is 6.07. The van der Waals surface area contributed by atoms with Crippen molar-refractivity contribution in [3.63, 3.8) is 0 Å². The van der Waals surface area contributed by atoms with E-state index in [4.69, 9.17) is 5.73 Å². The average Bonchev–Trinajstić information content (AvgIpc) is 2.39. The zero-order valence-corrected chi connectivity index (χ0v) is 12.6. The van der Waals surface area contributed by atoms with Gasteiger partial charge in [-0.15, -0.1) is 0 Å². The summed E-state index contributed by atoms with van der Waals surface area (Å²) in [6.45, 7) is 3.08. The van der Waals surface area contributed by atoms with Crippen LogP contribution in [0.3, 0.4) is 0 Å². The van der Waals surface area contributed by atoms with Crippen molar-refractivity contribution in [2.24, 2.45) is 0 Å². The Morgan fingerprint density at radius 1 is 1.37 bits per heavy atom. The van der Waals surface area contributed by atoms with Crippen LogP contribution in [0.2, 0.25) is 0 Å². The van der Waals surface area contributed by atoms with Crippen LogP contribution in [-0.2, 0) is 6.54 Å². The molecule has 0 saturated carbocycles. The summed E-state index contributed by atoms with van der Waals surface area (Å²) in [7, 11) is 2.13. The molecule has 2 N–H and O–H groups in total. The molecule has 1 atom stereocenters. The van der Waals surface area contributed by atoms with Crippen molar-refractivity contribution in [3.05, 3.63) is 35.9 Å². The van der Waals surface area contributed by atoms with Crippen LogP contribution in [-0.4, -0.2) is 35.0 Å². The summed E-state index contributed by atoms with van der Waals surface area (Å²) < 4.78 is 0. The van der Waals surface area contributed by atoms with Gasteiger partial charge >= 0.3 is 0 Å². The molecule has 4 heteroatoms. The van der Waals surface area contributed by atoms with Crippen LogP contribution in [0.4, 0.5) is 5.82 Å². The van der Waals surface area contributed by atoms with E-state index < -0.39 is 0 Å². The molecule has 3 nitrogen and oxygen atoms in total. The zero-order valence-electron chi connectivity index (χ0n) is 11.8. The largest absolute Gasteiger partial charge is 0.383 e. The van der Waals surface area contributed by atoms with Crippen molar-refractivity contribution < 1.29 is 0 Å². The summed E-state index contributed by atoms with van der Waals surface area (Å²) in [5.74, 6) is 1.76. The molecule has 0 aliphatic rings. The number of nitrogens with zero attached hydrogens (tertiary/aromatic N) is 2. The summed E-state index contributed by atoms with van der Waals surface area (Å²) in [5.41, 5.74) is 8.13. The Balaban J connectivity index is 2.22. The van der Waals surface area contributed by atoms with E-state index in [1.54, 1.807) is 0 Å². The fraction of sp³-hybridized carbons (Fsp3) is 0.400. The Hall–Kier alpha value is -1.26. The number of hydrogen-bond acceptors (Lipinski definition) is 4. The Labute approximate surface area is 119 Å². The minimum absolute atomic E-state index is 0.529. The third kappa shape index (κ3) is 3.39. The molecule has 2 rings (SSSR count). The molecule has 2 aromatic rings. The van der Waals surface area contributed by atoms with Crippen LogP contribution in [0.15, 0.2) is 30.3 Å². The lowest BCUT2D eigenvalue weighted by atomic mass is 10.1. The van der Waals surface area contributed by atoms with Crippen LogP contribution in [0.5, 0.6) is 0 Å². The van der Waals surface area contributed by atoms with Crippen molar-refractivity contribution >= 4 is 28.5 Å². The van der Waals surface area contributed by atoms with Crippen molar-refractivity contribution in [2.45, 2.75) is 19.5 Å². The van der Waals surface area contributed by atoms with E-state index >= 15 is 0 Å². The van der Waals surface area contributed by atoms with Gasteiger partial charge in [-0.25, -0.2) is 4.98 Å². The molecule has 0 radical (unpaired) electrons. The van der Waals surface area contributed by atoms with Crippen LogP contribution in [0, 0.1) is 0 Å². The number of anilines is 1. The molecular formula is C15H21N3S. The van der Waals surface area contributed by atoms with Crippen molar-refractivity contribution in [1.82, 2.24) is 9.88 Å². The van der Waals surface area contributed by atoms with Gasteiger partial charge in [0.1, 0.15) is 5.82 Å². The highest BCUT2D eigenvalue weighted by Crippen LogP contribution is 2.20. The van der Waals surface area contributed by atoms with Gasteiger partial charge in [0.05, 0.1) is 5.52 Å². The Kier molecular flexibility index (Phi) is 4.66. The lowest BCUT2D eigenvalue weighted by molar-refractivity contribution is 0.270. The molecule has 0 spiro atoms. The Bertz CT molecular complexity index is 556. The molecule has 19 heavy (non-hydrogen) atoms. The first kappa shape index (κ1) is 14.2. The van der Waals surface area contributed by atoms with Gasteiger partial charge in [0.25, 0.3) is 0 Å². The van der Waals surface area contributed by atoms with Crippen molar-refractivity contribution in [3.8, 4) is 0 Å². The van der Waals surface area contributed by atoms with Gasteiger partial charge in [0, 0.05) is 29.3 Å². The number of para-hydroxylation sites is 1. The highest BCUT2D eigenvalue weighted by Gasteiger charge is 2.11. The molecule has 1 unspecified atom stereocenters. The number of benzene rings is 1. The molecule has 0 bridgehead atoms. The van der Waals surface area contributed by atoms with Crippen LogP contribution < -0.4 is 5.73 Å². The van der Waals surface area contributed by atoms with E-state index in [0.29, 0.717) is 11.9 Å². The second-order valence-electron chi connectivity index (χ2n) is 4.94.